The van der Waals surface area contributed by atoms with Crippen LogP contribution in [0.25, 0.3) is 0 Å². The van der Waals surface area contributed by atoms with Gasteiger partial charge in [-0.05, 0) is 13.5 Å². The molecule has 2 nitrogen and oxygen atoms in total. The molecule has 2 N–H and O–H groups in total. The largest absolute Gasteiger partial charge is 0.326 e. The predicted molar refractivity (Wildman–Crippen MR) is 98.2 cm³/mol. The van der Waals surface area contributed by atoms with Crippen LogP contribution in [0.1, 0.15) is 77.6 Å². The Kier molecular flexibility index (Phi) is 11.8. The quantitative estimate of drug-likeness (QED) is 0.531. The maximum Gasteiger partial charge on any atom is 0.0335 e. The number of unbranched alkanes of at least 4 members (excludes halogenated alkanes) is 9. The lowest BCUT2D eigenvalue weighted by Crippen LogP contribution is -2.50. The molecule has 0 bridgehead atoms. The summed E-state index contributed by atoms with van der Waals surface area (Å²) >= 11 is 2.07. The van der Waals surface area contributed by atoms with E-state index in [9.17, 15) is 0 Å². The molecule has 0 spiro atoms. The second kappa shape index (κ2) is 12.8. The normalized spacial score (nSPS) is 21.6. The van der Waals surface area contributed by atoms with Crippen molar-refractivity contribution in [2.75, 3.05) is 25.1 Å². The minimum absolute atomic E-state index is 0.386. The highest BCUT2D eigenvalue weighted by molar-refractivity contribution is 7.99. The Balaban J connectivity index is 1.89. The molecule has 0 aromatic heterocycles. The van der Waals surface area contributed by atoms with Gasteiger partial charge in [0.1, 0.15) is 0 Å². The lowest BCUT2D eigenvalue weighted by molar-refractivity contribution is 0.228. The number of nitrogens with two attached hydrogens (primary N) is 1. The van der Waals surface area contributed by atoms with E-state index < -0.39 is 0 Å². The van der Waals surface area contributed by atoms with Gasteiger partial charge in [0.2, 0.25) is 0 Å². The zero-order valence-electron chi connectivity index (χ0n) is 14.5. The van der Waals surface area contributed by atoms with Crippen molar-refractivity contribution in [1.82, 2.24) is 4.90 Å². The van der Waals surface area contributed by atoms with E-state index in [0.717, 1.165) is 0 Å². The van der Waals surface area contributed by atoms with Crippen LogP contribution in [-0.2, 0) is 0 Å². The monoisotopic (exact) mass is 314 g/mol. The Bertz CT molecular complexity index is 235. The van der Waals surface area contributed by atoms with Crippen molar-refractivity contribution in [3.63, 3.8) is 0 Å². The van der Waals surface area contributed by atoms with E-state index in [1.54, 1.807) is 0 Å². The third-order valence-electron chi connectivity index (χ3n) is 4.83. The van der Waals surface area contributed by atoms with Gasteiger partial charge in [-0.25, -0.2) is 0 Å². The fraction of sp³-hybridized carbons (Fsp3) is 1.00. The highest BCUT2D eigenvalue weighted by Crippen LogP contribution is 2.19. The smallest absolute Gasteiger partial charge is 0.0335 e. The van der Waals surface area contributed by atoms with Gasteiger partial charge in [-0.3, -0.25) is 0 Å². The highest BCUT2D eigenvalue weighted by atomic mass is 32.2. The Labute approximate surface area is 137 Å². The predicted octanol–water partition coefficient (Wildman–Crippen LogP) is 4.67. The second-order valence-corrected chi connectivity index (χ2v) is 7.91. The van der Waals surface area contributed by atoms with Gasteiger partial charge in [-0.15, -0.1) is 0 Å². The molecule has 1 aliphatic heterocycles. The molecule has 0 aromatic carbocycles. The molecule has 0 aliphatic carbocycles. The molecular formula is C18H38N2S. The molecule has 0 aromatic rings. The number of rotatable bonds is 12. The SMILES string of the molecule is CCCCCCCCCCCCC(N)C1CSCCN1C. The van der Waals surface area contributed by atoms with Crippen molar-refractivity contribution < 1.29 is 0 Å². The van der Waals surface area contributed by atoms with Gasteiger partial charge in [-0.1, -0.05) is 71.1 Å². The van der Waals surface area contributed by atoms with Gasteiger partial charge in [0.25, 0.3) is 0 Å². The van der Waals surface area contributed by atoms with Gasteiger partial charge >= 0.3 is 0 Å². The number of likely N-dealkylation sites (N-methyl/N-ethyl adjacent to an activating group) is 1. The summed E-state index contributed by atoms with van der Waals surface area (Å²) in [4.78, 5) is 2.47. The van der Waals surface area contributed by atoms with Crippen LogP contribution in [0.3, 0.4) is 0 Å². The van der Waals surface area contributed by atoms with Crippen LogP contribution in [0.15, 0.2) is 0 Å². The minimum Gasteiger partial charge on any atom is -0.326 e. The summed E-state index contributed by atoms with van der Waals surface area (Å²) in [5, 5.41) is 0. The number of hydrogen-bond donors (Lipinski definition) is 1. The van der Waals surface area contributed by atoms with Crippen LogP contribution in [0, 0.1) is 0 Å². The van der Waals surface area contributed by atoms with E-state index in [0.29, 0.717) is 12.1 Å². The van der Waals surface area contributed by atoms with E-state index in [2.05, 4.69) is 30.6 Å². The molecular weight excluding hydrogens is 276 g/mol. The van der Waals surface area contributed by atoms with Gasteiger partial charge in [0.05, 0.1) is 0 Å². The summed E-state index contributed by atoms with van der Waals surface area (Å²) in [5.74, 6) is 2.51. The number of hydrogen-bond acceptors (Lipinski definition) is 3. The maximum absolute atomic E-state index is 6.39. The molecule has 1 fully saturated rings. The first-order valence-electron chi connectivity index (χ1n) is 9.29. The van der Waals surface area contributed by atoms with Crippen LogP contribution in [-0.4, -0.2) is 42.1 Å². The van der Waals surface area contributed by atoms with Gasteiger partial charge in [0, 0.05) is 30.1 Å². The highest BCUT2D eigenvalue weighted by Gasteiger charge is 2.24. The van der Waals surface area contributed by atoms with Gasteiger partial charge < -0.3 is 10.6 Å². The van der Waals surface area contributed by atoms with Gasteiger partial charge in [-0.2, -0.15) is 11.8 Å². The fourth-order valence-electron chi connectivity index (χ4n) is 3.22. The van der Waals surface area contributed by atoms with Crippen LogP contribution < -0.4 is 5.73 Å². The molecule has 0 saturated carbocycles. The molecule has 126 valence electrons. The summed E-state index contributed by atoms with van der Waals surface area (Å²) in [6.45, 7) is 3.50. The van der Waals surface area contributed by atoms with Crippen molar-refractivity contribution in [3.8, 4) is 0 Å². The molecule has 2 atom stereocenters. The van der Waals surface area contributed by atoms with Crippen molar-refractivity contribution >= 4 is 11.8 Å². The van der Waals surface area contributed by atoms with E-state index >= 15 is 0 Å². The van der Waals surface area contributed by atoms with E-state index in [1.165, 1.54) is 88.7 Å². The zero-order chi connectivity index (χ0) is 15.3. The standard InChI is InChI=1S/C18H38N2S/c1-3-4-5-6-7-8-9-10-11-12-13-17(19)18-16-21-15-14-20(18)2/h17-18H,3-16,19H2,1-2H3. The average molecular weight is 315 g/mol. The number of thioether (sulfide) groups is 1. The molecule has 1 rings (SSSR count). The lowest BCUT2D eigenvalue weighted by atomic mass is 10.0. The average Bonchev–Trinajstić information content (AvgIpc) is 2.49. The van der Waals surface area contributed by atoms with Crippen molar-refractivity contribution in [2.45, 2.75) is 89.6 Å². The van der Waals surface area contributed by atoms with Gasteiger partial charge in [0.15, 0.2) is 0 Å². The summed E-state index contributed by atoms with van der Waals surface area (Å²) in [6.07, 6.45) is 15.3. The molecule has 1 heterocycles. The molecule has 21 heavy (non-hydrogen) atoms. The lowest BCUT2D eigenvalue weighted by Gasteiger charge is -2.36. The molecule has 1 saturated heterocycles. The summed E-state index contributed by atoms with van der Waals surface area (Å²) in [5.41, 5.74) is 6.39. The van der Waals surface area contributed by atoms with E-state index in [4.69, 9.17) is 5.73 Å². The van der Waals surface area contributed by atoms with Crippen LogP contribution in [0.5, 0.6) is 0 Å². The minimum atomic E-state index is 0.386. The zero-order valence-corrected chi connectivity index (χ0v) is 15.3. The van der Waals surface area contributed by atoms with E-state index in [-0.39, 0.29) is 0 Å². The maximum atomic E-state index is 6.39. The second-order valence-electron chi connectivity index (χ2n) is 6.76. The molecule has 0 radical (unpaired) electrons. The molecule has 0 amide bonds. The van der Waals surface area contributed by atoms with Crippen LogP contribution in [0.4, 0.5) is 0 Å². The van der Waals surface area contributed by atoms with Crippen molar-refractivity contribution in [2.24, 2.45) is 5.73 Å². The van der Waals surface area contributed by atoms with Crippen molar-refractivity contribution in [3.05, 3.63) is 0 Å². The first-order valence-corrected chi connectivity index (χ1v) is 10.4. The summed E-state index contributed by atoms with van der Waals surface area (Å²) < 4.78 is 0. The first kappa shape index (κ1) is 19.3. The Morgan fingerprint density at radius 3 is 2.14 bits per heavy atom. The molecule has 2 unspecified atom stereocenters. The topological polar surface area (TPSA) is 29.3 Å². The Morgan fingerprint density at radius 1 is 1.00 bits per heavy atom. The third kappa shape index (κ3) is 9.10. The number of nitrogens with zero attached hydrogens (tertiary/aromatic N) is 1. The first-order chi connectivity index (χ1) is 10.3. The van der Waals surface area contributed by atoms with Crippen LogP contribution >= 0.6 is 11.8 Å². The Morgan fingerprint density at radius 2 is 1.57 bits per heavy atom. The fourth-order valence-corrected chi connectivity index (χ4v) is 4.54. The molecule has 3 heteroatoms. The Hall–Kier alpha value is 0.270. The van der Waals surface area contributed by atoms with E-state index in [1.807, 2.05) is 0 Å². The van der Waals surface area contributed by atoms with Crippen LogP contribution in [0.2, 0.25) is 0 Å². The third-order valence-corrected chi connectivity index (χ3v) is 5.88. The summed E-state index contributed by atoms with van der Waals surface area (Å²) in [6, 6.07) is 0.999. The van der Waals surface area contributed by atoms with Crippen molar-refractivity contribution in [1.29, 1.82) is 0 Å². The summed E-state index contributed by atoms with van der Waals surface area (Å²) in [7, 11) is 2.24. The molecule has 1 aliphatic rings.